The average molecular weight is 523 g/mol. The summed E-state index contributed by atoms with van der Waals surface area (Å²) in [6.45, 7) is 0.747. The van der Waals surface area contributed by atoms with Crippen LogP contribution >= 0.6 is 11.6 Å². The molecule has 12 heteroatoms. The summed E-state index contributed by atoms with van der Waals surface area (Å²) in [4.78, 5) is 30.1. The van der Waals surface area contributed by atoms with Gasteiger partial charge in [0, 0.05) is 31.3 Å². The number of carbonyl (C=O) groups is 1. The van der Waals surface area contributed by atoms with Crippen LogP contribution in [0.5, 0.6) is 0 Å². The lowest BCUT2D eigenvalue weighted by molar-refractivity contribution is 0.0695. The Morgan fingerprint density at radius 1 is 1.14 bits per heavy atom. The van der Waals surface area contributed by atoms with Gasteiger partial charge in [0.05, 0.1) is 27.7 Å². The number of carboxylic acid groups (broad SMARTS) is 1. The fourth-order valence-corrected chi connectivity index (χ4v) is 5.91. The number of carboxylic acids is 1. The van der Waals surface area contributed by atoms with Crippen molar-refractivity contribution in [1.82, 2.24) is 9.55 Å². The number of halogens is 4. The van der Waals surface area contributed by atoms with Crippen molar-refractivity contribution in [3.05, 3.63) is 56.6 Å². The lowest BCUT2D eigenvalue weighted by Crippen LogP contribution is -2.34. The first-order chi connectivity index (χ1) is 17.1. The van der Waals surface area contributed by atoms with Crippen molar-refractivity contribution < 1.29 is 28.2 Å². The van der Waals surface area contributed by atoms with E-state index in [4.69, 9.17) is 17.3 Å². The molecule has 1 aliphatic heterocycles. The van der Waals surface area contributed by atoms with E-state index in [1.807, 2.05) is 0 Å². The number of aromatic nitrogens is 2. The van der Waals surface area contributed by atoms with Crippen LogP contribution in [0.2, 0.25) is 5.02 Å². The van der Waals surface area contributed by atoms with Gasteiger partial charge in [0.2, 0.25) is 5.43 Å². The molecule has 190 valence electrons. The van der Waals surface area contributed by atoms with Crippen molar-refractivity contribution in [3.8, 4) is 5.82 Å². The van der Waals surface area contributed by atoms with Gasteiger partial charge in [0.25, 0.3) is 0 Å². The Hall–Kier alpha value is -3.31. The van der Waals surface area contributed by atoms with Gasteiger partial charge in [-0.1, -0.05) is 11.6 Å². The van der Waals surface area contributed by atoms with Crippen molar-refractivity contribution in [1.29, 1.82) is 0 Å². The Morgan fingerprint density at radius 2 is 1.89 bits per heavy atom. The summed E-state index contributed by atoms with van der Waals surface area (Å²) in [5.74, 6) is -5.90. The van der Waals surface area contributed by atoms with Crippen LogP contribution in [0, 0.1) is 29.3 Å². The van der Waals surface area contributed by atoms with Crippen molar-refractivity contribution in [2.75, 3.05) is 23.7 Å². The standard InChI is InChI=1S/C24H22ClF3N4O4/c25-18-19-11(6-14(26)20(18)31-5-1-2-10-3-4-17(33)12(10)8-31)21(34)13(24(35)36)9-32(19)23-16(28)7-15(27)22(29)30-23/h6-7,9-10,12,17,33H,1-5,8H2,(H2,29,30)(H,35,36)/t10-,12+,17+/m0/s1. The van der Waals surface area contributed by atoms with E-state index in [1.54, 1.807) is 4.90 Å². The number of hydrogen-bond acceptors (Lipinski definition) is 6. The largest absolute Gasteiger partial charge is 0.477 e. The highest BCUT2D eigenvalue weighted by atomic mass is 35.5. The van der Waals surface area contributed by atoms with Crippen molar-refractivity contribution in [3.63, 3.8) is 0 Å². The fourth-order valence-electron chi connectivity index (χ4n) is 5.50. The second-order valence-corrected chi connectivity index (χ2v) is 9.66. The highest BCUT2D eigenvalue weighted by Crippen LogP contribution is 2.42. The van der Waals surface area contributed by atoms with Crippen LogP contribution in [0.1, 0.15) is 36.0 Å². The Bertz CT molecular complexity index is 1460. The molecule has 2 aromatic heterocycles. The molecule has 0 unspecified atom stereocenters. The normalized spacial score (nSPS) is 22.0. The number of nitrogens with zero attached hydrogens (tertiary/aromatic N) is 3. The molecule has 0 spiro atoms. The number of nitrogens with two attached hydrogens (primary N) is 1. The molecular formula is C24H22ClF3N4O4. The van der Waals surface area contributed by atoms with E-state index in [0.717, 1.165) is 36.1 Å². The minimum absolute atomic E-state index is 0.0596. The maximum Gasteiger partial charge on any atom is 0.341 e. The molecule has 2 aliphatic rings. The van der Waals surface area contributed by atoms with Gasteiger partial charge in [-0.25, -0.2) is 22.9 Å². The van der Waals surface area contributed by atoms with Crippen LogP contribution in [-0.4, -0.2) is 44.9 Å². The minimum atomic E-state index is -1.64. The second-order valence-electron chi connectivity index (χ2n) is 9.28. The minimum Gasteiger partial charge on any atom is -0.477 e. The van der Waals surface area contributed by atoms with Crippen LogP contribution in [0.4, 0.5) is 24.7 Å². The van der Waals surface area contributed by atoms with Gasteiger partial charge in [-0.05, 0) is 37.7 Å². The Kier molecular flexibility index (Phi) is 6.08. The molecule has 4 N–H and O–H groups in total. The number of aliphatic hydroxyl groups excluding tert-OH is 1. The Morgan fingerprint density at radius 3 is 2.61 bits per heavy atom. The average Bonchev–Trinajstić information content (AvgIpc) is 3.02. The molecule has 3 atom stereocenters. The zero-order valence-corrected chi connectivity index (χ0v) is 19.6. The fraction of sp³-hybridized carbons (Fsp3) is 0.375. The monoisotopic (exact) mass is 522 g/mol. The molecule has 1 saturated carbocycles. The first-order valence-corrected chi connectivity index (χ1v) is 11.8. The van der Waals surface area contributed by atoms with Crippen LogP contribution in [0.25, 0.3) is 16.7 Å². The summed E-state index contributed by atoms with van der Waals surface area (Å²) in [5.41, 5.74) is 3.44. The summed E-state index contributed by atoms with van der Waals surface area (Å²) in [6, 6.07) is 1.33. The third-order valence-corrected chi connectivity index (χ3v) is 7.59. The number of rotatable bonds is 3. The lowest BCUT2D eigenvalue weighted by Gasteiger charge is -2.30. The van der Waals surface area contributed by atoms with Crippen LogP contribution in [-0.2, 0) is 0 Å². The summed E-state index contributed by atoms with van der Waals surface area (Å²) >= 11 is 6.69. The van der Waals surface area contributed by atoms with Gasteiger partial charge in [0.15, 0.2) is 23.3 Å². The first-order valence-electron chi connectivity index (χ1n) is 11.4. The van der Waals surface area contributed by atoms with Crippen molar-refractivity contribution >= 4 is 40.0 Å². The van der Waals surface area contributed by atoms with Crippen molar-refractivity contribution in [2.45, 2.75) is 31.8 Å². The number of aromatic carboxylic acids is 1. The van der Waals surface area contributed by atoms with Crippen LogP contribution in [0.15, 0.2) is 23.1 Å². The first kappa shape index (κ1) is 24.4. The molecular weight excluding hydrogens is 501 g/mol. The molecule has 8 nitrogen and oxygen atoms in total. The summed E-state index contributed by atoms with van der Waals surface area (Å²) < 4.78 is 45.0. The summed E-state index contributed by atoms with van der Waals surface area (Å²) in [5, 5.41) is 19.3. The number of anilines is 2. The number of hydrogen-bond donors (Lipinski definition) is 3. The van der Waals surface area contributed by atoms with Crippen LogP contribution < -0.4 is 16.1 Å². The number of aliphatic hydroxyl groups is 1. The van der Waals surface area contributed by atoms with Gasteiger partial charge in [0.1, 0.15) is 11.4 Å². The van der Waals surface area contributed by atoms with E-state index in [-0.39, 0.29) is 22.1 Å². The second kappa shape index (κ2) is 8.97. The number of benzene rings is 1. The lowest BCUT2D eigenvalue weighted by atomic mass is 9.92. The number of nitrogen functional groups attached to an aromatic ring is 1. The predicted octanol–water partition coefficient (Wildman–Crippen LogP) is 3.72. The van der Waals surface area contributed by atoms with E-state index in [1.165, 1.54) is 0 Å². The van der Waals surface area contributed by atoms with Gasteiger partial charge in [-0.3, -0.25) is 9.36 Å². The molecule has 1 aromatic carbocycles. The van der Waals surface area contributed by atoms with E-state index < -0.39 is 57.5 Å². The van der Waals surface area contributed by atoms with Gasteiger partial charge < -0.3 is 20.8 Å². The molecule has 5 rings (SSSR count). The number of fused-ring (bicyclic) bond motifs is 2. The summed E-state index contributed by atoms with van der Waals surface area (Å²) in [7, 11) is 0. The van der Waals surface area contributed by atoms with E-state index in [9.17, 15) is 28.6 Å². The van der Waals surface area contributed by atoms with E-state index >= 15 is 4.39 Å². The van der Waals surface area contributed by atoms with Gasteiger partial charge in [-0.2, -0.15) is 0 Å². The van der Waals surface area contributed by atoms with E-state index in [0.29, 0.717) is 31.5 Å². The van der Waals surface area contributed by atoms with Crippen molar-refractivity contribution in [2.24, 2.45) is 11.8 Å². The Balaban J connectivity index is 1.79. The summed E-state index contributed by atoms with van der Waals surface area (Å²) in [6.07, 6.45) is 3.39. The maximum atomic E-state index is 15.5. The molecule has 1 saturated heterocycles. The number of pyridine rings is 2. The topological polar surface area (TPSA) is 122 Å². The molecule has 1 aliphatic carbocycles. The van der Waals surface area contributed by atoms with E-state index in [2.05, 4.69) is 4.98 Å². The predicted molar refractivity (Wildman–Crippen MR) is 127 cm³/mol. The smallest absolute Gasteiger partial charge is 0.341 e. The molecule has 3 heterocycles. The molecule has 0 amide bonds. The highest BCUT2D eigenvalue weighted by Gasteiger charge is 2.38. The SMILES string of the molecule is Nc1nc(-n2cc(C(=O)O)c(=O)c3cc(F)c(N4CCC[C@H]5CC[C@@H](O)[C@@H]5C4)c(Cl)c32)c(F)cc1F. The van der Waals surface area contributed by atoms with Gasteiger partial charge >= 0.3 is 5.97 Å². The molecule has 36 heavy (non-hydrogen) atoms. The maximum absolute atomic E-state index is 15.5. The quantitative estimate of drug-likeness (QED) is 0.479. The Labute approximate surface area is 207 Å². The molecule has 0 bridgehead atoms. The molecule has 0 radical (unpaired) electrons. The third kappa shape index (κ3) is 3.86. The van der Waals surface area contributed by atoms with Gasteiger partial charge in [-0.15, -0.1) is 0 Å². The third-order valence-electron chi connectivity index (χ3n) is 7.24. The zero-order valence-electron chi connectivity index (χ0n) is 18.8. The molecule has 3 aromatic rings. The highest BCUT2D eigenvalue weighted by molar-refractivity contribution is 6.38. The zero-order chi connectivity index (χ0) is 25.9. The molecule has 2 fully saturated rings. The van der Waals surface area contributed by atoms with Crippen LogP contribution in [0.3, 0.4) is 0 Å².